The third-order valence-corrected chi connectivity index (χ3v) is 3.82. The van der Waals surface area contributed by atoms with Crippen LogP contribution < -0.4 is 5.32 Å². The molecule has 0 heterocycles. The number of rotatable bonds is 4. The summed E-state index contributed by atoms with van der Waals surface area (Å²) in [7, 11) is 0. The van der Waals surface area contributed by atoms with Gasteiger partial charge in [0.25, 0.3) is 0 Å². The average Bonchev–Trinajstić information content (AvgIpc) is 2.40. The first-order valence-corrected chi connectivity index (χ1v) is 7.34. The van der Waals surface area contributed by atoms with Gasteiger partial charge in [-0.05, 0) is 40.7 Å². The van der Waals surface area contributed by atoms with E-state index in [0.29, 0.717) is 27.2 Å². The molecule has 0 saturated carbocycles. The van der Waals surface area contributed by atoms with Crippen molar-refractivity contribution >= 4 is 27.5 Å². The van der Waals surface area contributed by atoms with Crippen molar-refractivity contribution in [1.29, 1.82) is 0 Å². The van der Waals surface area contributed by atoms with E-state index in [9.17, 15) is 8.78 Å². The molecule has 2 rings (SSSR count). The molecule has 0 aliphatic rings. The Morgan fingerprint density at radius 3 is 2.60 bits per heavy atom. The third-order valence-electron chi connectivity index (χ3n) is 2.97. The van der Waals surface area contributed by atoms with E-state index in [-0.39, 0.29) is 0 Å². The number of hydrogen-bond donors (Lipinski definition) is 1. The van der Waals surface area contributed by atoms with E-state index in [2.05, 4.69) is 21.2 Å². The van der Waals surface area contributed by atoms with Crippen LogP contribution in [0.4, 0.5) is 8.78 Å². The zero-order chi connectivity index (χ0) is 14.7. The van der Waals surface area contributed by atoms with Crippen molar-refractivity contribution in [1.82, 2.24) is 5.32 Å². The minimum absolute atomic E-state index is 0.316. The van der Waals surface area contributed by atoms with Gasteiger partial charge >= 0.3 is 0 Å². The standard InChI is InChI=1S/C15H13BrClF2N/c1-2-20-15(10-7-6-9(17)8-13(10)18)11-4-3-5-12(16)14(11)19/h3-8,15,20H,2H2,1H3. The Morgan fingerprint density at radius 1 is 1.20 bits per heavy atom. The first-order valence-electron chi connectivity index (χ1n) is 6.16. The fraction of sp³-hybridized carbons (Fsp3) is 0.200. The first-order chi connectivity index (χ1) is 9.54. The van der Waals surface area contributed by atoms with Crippen LogP contribution in [0, 0.1) is 11.6 Å². The van der Waals surface area contributed by atoms with Crippen molar-refractivity contribution in [3.05, 3.63) is 68.7 Å². The largest absolute Gasteiger partial charge is 0.306 e. The molecule has 0 fully saturated rings. The molecule has 1 N–H and O–H groups in total. The molecule has 0 aromatic heterocycles. The quantitative estimate of drug-likeness (QED) is 0.802. The number of halogens is 4. The molecule has 0 radical (unpaired) electrons. The highest BCUT2D eigenvalue weighted by atomic mass is 79.9. The van der Waals surface area contributed by atoms with Crippen LogP contribution in [0.15, 0.2) is 40.9 Å². The Bertz CT molecular complexity index is 619. The van der Waals surface area contributed by atoms with E-state index in [1.165, 1.54) is 6.07 Å². The summed E-state index contributed by atoms with van der Waals surface area (Å²) in [6.07, 6.45) is 0. The van der Waals surface area contributed by atoms with Gasteiger partial charge in [0.15, 0.2) is 0 Å². The average molecular weight is 361 g/mol. The third kappa shape index (κ3) is 3.19. The maximum Gasteiger partial charge on any atom is 0.142 e. The monoisotopic (exact) mass is 359 g/mol. The highest BCUT2D eigenvalue weighted by Crippen LogP contribution is 2.30. The molecule has 0 amide bonds. The lowest BCUT2D eigenvalue weighted by molar-refractivity contribution is 0.528. The van der Waals surface area contributed by atoms with Gasteiger partial charge in [0.2, 0.25) is 0 Å². The summed E-state index contributed by atoms with van der Waals surface area (Å²) in [5.41, 5.74) is 0.760. The van der Waals surface area contributed by atoms with Crippen LogP contribution in [0.3, 0.4) is 0 Å². The molecule has 20 heavy (non-hydrogen) atoms. The summed E-state index contributed by atoms with van der Waals surface area (Å²) in [4.78, 5) is 0. The molecule has 2 aromatic carbocycles. The molecule has 2 aromatic rings. The van der Waals surface area contributed by atoms with E-state index in [0.717, 1.165) is 0 Å². The summed E-state index contributed by atoms with van der Waals surface area (Å²) in [6.45, 7) is 2.47. The second kappa shape index (κ2) is 6.66. The van der Waals surface area contributed by atoms with Gasteiger partial charge in [-0.1, -0.05) is 36.7 Å². The minimum atomic E-state index is -0.560. The lowest BCUT2D eigenvalue weighted by Gasteiger charge is -2.20. The lowest BCUT2D eigenvalue weighted by atomic mass is 9.97. The minimum Gasteiger partial charge on any atom is -0.306 e. The van der Waals surface area contributed by atoms with Gasteiger partial charge in [0, 0.05) is 16.1 Å². The van der Waals surface area contributed by atoms with Crippen LogP contribution in [0.25, 0.3) is 0 Å². The van der Waals surface area contributed by atoms with Crippen LogP contribution in [0.2, 0.25) is 5.02 Å². The molecule has 5 heteroatoms. The lowest BCUT2D eigenvalue weighted by Crippen LogP contribution is -2.24. The van der Waals surface area contributed by atoms with Crippen LogP contribution in [0.5, 0.6) is 0 Å². The van der Waals surface area contributed by atoms with E-state index >= 15 is 0 Å². The molecule has 1 nitrogen and oxygen atoms in total. The summed E-state index contributed by atoms with van der Waals surface area (Å²) in [5.74, 6) is -0.851. The highest BCUT2D eigenvalue weighted by molar-refractivity contribution is 9.10. The molecule has 106 valence electrons. The molecular weight excluding hydrogens is 348 g/mol. The fourth-order valence-electron chi connectivity index (χ4n) is 2.07. The molecule has 0 spiro atoms. The van der Waals surface area contributed by atoms with Gasteiger partial charge in [0.05, 0.1) is 10.5 Å². The van der Waals surface area contributed by atoms with Crippen molar-refractivity contribution in [2.24, 2.45) is 0 Å². The Balaban J connectivity index is 2.53. The van der Waals surface area contributed by atoms with E-state index in [1.807, 2.05) is 6.92 Å². The Kier molecular flexibility index (Phi) is 5.13. The summed E-state index contributed by atoms with van der Waals surface area (Å²) >= 11 is 8.91. The predicted octanol–water partition coefficient (Wildman–Crippen LogP) is 5.08. The van der Waals surface area contributed by atoms with E-state index in [1.54, 1.807) is 30.3 Å². The van der Waals surface area contributed by atoms with Gasteiger partial charge in [0.1, 0.15) is 11.6 Å². The zero-order valence-corrected chi connectivity index (χ0v) is 13.1. The second-order valence-electron chi connectivity index (χ2n) is 4.30. The maximum atomic E-state index is 14.2. The Labute approximate surface area is 130 Å². The number of hydrogen-bond acceptors (Lipinski definition) is 1. The summed E-state index contributed by atoms with van der Waals surface area (Å²) in [6, 6.07) is 8.82. The van der Waals surface area contributed by atoms with Crippen LogP contribution in [-0.2, 0) is 0 Å². The van der Waals surface area contributed by atoms with Crippen LogP contribution in [-0.4, -0.2) is 6.54 Å². The van der Waals surface area contributed by atoms with Crippen molar-refractivity contribution in [2.75, 3.05) is 6.54 Å². The normalized spacial score (nSPS) is 12.4. The van der Waals surface area contributed by atoms with E-state index < -0.39 is 17.7 Å². The molecule has 1 unspecified atom stereocenters. The second-order valence-corrected chi connectivity index (χ2v) is 5.59. The van der Waals surface area contributed by atoms with Crippen LogP contribution >= 0.6 is 27.5 Å². The molecular formula is C15H13BrClF2N. The van der Waals surface area contributed by atoms with E-state index in [4.69, 9.17) is 11.6 Å². The van der Waals surface area contributed by atoms with Gasteiger partial charge in [-0.3, -0.25) is 0 Å². The fourth-order valence-corrected chi connectivity index (χ4v) is 2.61. The maximum absolute atomic E-state index is 14.2. The molecule has 0 aliphatic carbocycles. The Hall–Kier alpha value is -0.970. The first kappa shape index (κ1) is 15.4. The highest BCUT2D eigenvalue weighted by Gasteiger charge is 2.21. The van der Waals surface area contributed by atoms with Gasteiger partial charge in [-0.15, -0.1) is 0 Å². The smallest absolute Gasteiger partial charge is 0.142 e. The Morgan fingerprint density at radius 2 is 1.95 bits per heavy atom. The van der Waals surface area contributed by atoms with Crippen molar-refractivity contribution < 1.29 is 8.78 Å². The molecule has 1 atom stereocenters. The number of benzene rings is 2. The van der Waals surface area contributed by atoms with Crippen molar-refractivity contribution in [2.45, 2.75) is 13.0 Å². The molecule has 0 bridgehead atoms. The van der Waals surface area contributed by atoms with Gasteiger partial charge < -0.3 is 5.32 Å². The summed E-state index contributed by atoms with van der Waals surface area (Å²) < 4.78 is 28.7. The van der Waals surface area contributed by atoms with Crippen molar-refractivity contribution in [3.8, 4) is 0 Å². The van der Waals surface area contributed by atoms with Crippen molar-refractivity contribution in [3.63, 3.8) is 0 Å². The van der Waals surface area contributed by atoms with Crippen LogP contribution in [0.1, 0.15) is 24.1 Å². The van der Waals surface area contributed by atoms with Gasteiger partial charge in [-0.25, -0.2) is 8.78 Å². The molecule has 0 aliphatic heterocycles. The summed E-state index contributed by atoms with van der Waals surface area (Å²) in [5, 5.41) is 3.42. The number of nitrogens with one attached hydrogen (secondary N) is 1. The van der Waals surface area contributed by atoms with Gasteiger partial charge in [-0.2, -0.15) is 0 Å². The topological polar surface area (TPSA) is 12.0 Å². The molecule has 0 saturated heterocycles. The predicted molar refractivity (Wildman–Crippen MR) is 81.0 cm³/mol. The SMILES string of the molecule is CCNC(c1ccc(Cl)cc1F)c1cccc(Br)c1F. The zero-order valence-electron chi connectivity index (χ0n) is 10.8.